The number of carbonyl (C=O) groups is 2. The van der Waals surface area contributed by atoms with E-state index in [-0.39, 0.29) is 19.0 Å². The molecule has 2 aromatic carbocycles. The minimum Gasteiger partial charge on any atom is -0.447 e. The zero-order chi connectivity index (χ0) is 19.0. The number of hydrogen-bond donors (Lipinski definition) is 1. The number of amides is 1. The number of rotatable bonds is 8. The molecule has 0 saturated carbocycles. The fourth-order valence-corrected chi connectivity index (χ4v) is 2.44. The van der Waals surface area contributed by atoms with Crippen molar-refractivity contribution in [1.82, 2.24) is 0 Å². The average molecular weight is 376 g/mol. The maximum Gasteiger partial charge on any atom is 0.411 e. The van der Waals surface area contributed by atoms with Gasteiger partial charge in [-0.25, -0.2) is 4.79 Å². The van der Waals surface area contributed by atoms with Gasteiger partial charge < -0.3 is 9.47 Å². The van der Waals surface area contributed by atoms with Gasteiger partial charge in [0.05, 0.1) is 6.61 Å². The molecule has 0 aliphatic heterocycles. The minimum atomic E-state index is -1.00. The summed E-state index contributed by atoms with van der Waals surface area (Å²) in [4.78, 5) is 24.2. The lowest BCUT2D eigenvalue weighted by Gasteiger charge is -2.23. The first-order chi connectivity index (χ1) is 12.4. The number of carbonyl (C=O) groups excluding carboxylic acids is 2. The largest absolute Gasteiger partial charge is 0.447 e. The van der Waals surface area contributed by atoms with Crippen molar-refractivity contribution in [3.05, 3.63) is 65.7 Å². The molecule has 0 aliphatic carbocycles. The molecule has 0 spiro atoms. The lowest BCUT2D eigenvalue weighted by Crippen LogP contribution is -2.36. The molecule has 6 heteroatoms. The Bertz CT molecular complexity index is 729. The number of benzene rings is 2. The molecule has 0 fully saturated rings. The Balaban J connectivity index is 1.74. The number of hydrogen-bond acceptors (Lipinski definition) is 4. The van der Waals surface area contributed by atoms with Crippen molar-refractivity contribution in [2.45, 2.75) is 25.3 Å². The van der Waals surface area contributed by atoms with Crippen LogP contribution in [0.5, 0.6) is 0 Å². The molecule has 0 aliphatic rings. The summed E-state index contributed by atoms with van der Waals surface area (Å²) in [5.74, 6) is 0.293. The Kier molecular flexibility index (Phi) is 7.18. The summed E-state index contributed by atoms with van der Waals surface area (Å²) < 4.78 is 10.7. The van der Waals surface area contributed by atoms with E-state index < -0.39 is 11.7 Å². The molecule has 1 amide bonds. The predicted octanol–water partition coefficient (Wildman–Crippen LogP) is 4.65. The van der Waals surface area contributed by atoms with Crippen molar-refractivity contribution in [3.8, 4) is 0 Å². The number of ketones is 1. The molecule has 1 N–H and O–H groups in total. The normalized spacial score (nSPS) is 11.0. The number of halogens is 1. The number of nitrogens with one attached hydrogen (secondary N) is 1. The SMILES string of the molecule is CC(C)(OCCOC(=O)Nc1ccc(CCl)cc1)C(=O)c1ccccc1. The molecule has 0 bridgehead atoms. The van der Waals surface area contributed by atoms with E-state index >= 15 is 0 Å². The van der Waals surface area contributed by atoms with E-state index in [2.05, 4.69) is 5.32 Å². The second kappa shape index (κ2) is 9.36. The van der Waals surface area contributed by atoms with Crippen molar-refractivity contribution < 1.29 is 19.1 Å². The summed E-state index contributed by atoms with van der Waals surface area (Å²) in [6, 6.07) is 16.1. The Morgan fingerprint density at radius 3 is 2.27 bits per heavy atom. The van der Waals surface area contributed by atoms with E-state index in [1.165, 1.54) is 0 Å². The molecule has 0 aromatic heterocycles. The maximum absolute atomic E-state index is 12.4. The van der Waals surface area contributed by atoms with Gasteiger partial charge in [-0.3, -0.25) is 10.1 Å². The third kappa shape index (κ3) is 5.86. The van der Waals surface area contributed by atoms with Crippen LogP contribution in [0.25, 0.3) is 0 Å². The molecule has 5 nitrogen and oxygen atoms in total. The van der Waals surface area contributed by atoms with Crippen LogP contribution in [0.3, 0.4) is 0 Å². The van der Waals surface area contributed by atoms with E-state index in [0.717, 1.165) is 5.56 Å². The first-order valence-electron chi connectivity index (χ1n) is 8.25. The Hall–Kier alpha value is -2.37. The van der Waals surface area contributed by atoms with Crippen molar-refractivity contribution in [1.29, 1.82) is 0 Å². The molecule has 0 radical (unpaired) electrons. The summed E-state index contributed by atoms with van der Waals surface area (Å²) in [7, 11) is 0. The van der Waals surface area contributed by atoms with Gasteiger partial charge in [-0.2, -0.15) is 0 Å². The van der Waals surface area contributed by atoms with Gasteiger partial charge in [0.15, 0.2) is 5.78 Å². The van der Waals surface area contributed by atoms with Crippen LogP contribution < -0.4 is 5.32 Å². The van der Waals surface area contributed by atoms with E-state index in [9.17, 15) is 9.59 Å². The second-order valence-corrected chi connectivity index (χ2v) is 6.41. The molecule has 2 rings (SSSR count). The summed E-state index contributed by atoms with van der Waals surface area (Å²) in [5, 5.41) is 2.61. The third-order valence-electron chi connectivity index (χ3n) is 3.72. The highest BCUT2D eigenvalue weighted by Gasteiger charge is 2.29. The van der Waals surface area contributed by atoms with Gasteiger partial charge in [-0.05, 0) is 31.5 Å². The number of ether oxygens (including phenoxy) is 2. The van der Waals surface area contributed by atoms with Gasteiger partial charge in [-0.15, -0.1) is 11.6 Å². The third-order valence-corrected chi connectivity index (χ3v) is 4.03. The lowest BCUT2D eigenvalue weighted by atomic mass is 9.96. The van der Waals surface area contributed by atoms with Gasteiger partial charge in [0.25, 0.3) is 0 Å². The smallest absolute Gasteiger partial charge is 0.411 e. The fourth-order valence-electron chi connectivity index (χ4n) is 2.26. The maximum atomic E-state index is 12.4. The summed E-state index contributed by atoms with van der Waals surface area (Å²) in [5.41, 5.74) is 1.16. The van der Waals surface area contributed by atoms with Gasteiger partial charge in [0, 0.05) is 17.1 Å². The van der Waals surface area contributed by atoms with Gasteiger partial charge >= 0.3 is 6.09 Å². The molecular weight excluding hydrogens is 354 g/mol. The molecule has 138 valence electrons. The first-order valence-corrected chi connectivity index (χ1v) is 8.78. The second-order valence-electron chi connectivity index (χ2n) is 6.15. The molecule has 0 unspecified atom stereocenters. The predicted molar refractivity (Wildman–Crippen MR) is 102 cm³/mol. The van der Waals surface area contributed by atoms with Crippen molar-refractivity contribution in [3.63, 3.8) is 0 Å². The van der Waals surface area contributed by atoms with Crippen molar-refractivity contribution >= 4 is 29.2 Å². The first kappa shape index (κ1) is 19.9. The molecule has 26 heavy (non-hydrogen) atoms. The number of anilines is 1. The Morgan fingerprint density at radius 2 is 1.65 bits per heavy atom. The van der Waals surface area contributed by atoms with Crippen molar-refractivity contribution in [2.24, 2.45) is 0 Å². The highest BCUT2D eigenvalue weighted by Crippen LogP contribution is 2.17. The molecule has 2 aromatic rings. The van der Waals surface area contributed by atoms with E-state index in [1.807, 2.05) is 18.2 Å². The van der Waals surface area contributed by atoms with Gasteiger partial charge in [0.2, 0.25) is 0 Å². The quantitative estimate of drug-likeness (QED) is 0.414. The molecular formula is C20H22ClNO4. The van der Waals surface area contributed by atoms with Crippen LogP contribution in [0.15, 0.2) is 54.6 Å². The monoisotopic (exact) mass is 375 g/mol. The number of alkyl halides is 1. The topological polar surface area (TPSA) is 64.6 Å². The molecule has 0 heterocycles. The lowest BCUT2D eigenvalue weighted by molar-refractivity contribution is -0.0189. The Labute approximate surface area is 158 Å². The standard InChI is InChI=1S/C20H22ClNO4/c1-20(2,18(23)16-6-4-3-5-7-16)26-13-12-25-19(24)22-17-10-8-15(14-21)9-11-17/h3-11H,12-14H2,1-2H3,(H,22,24). The Morgan fingerprint density at radius 1 is 1.00 bits per heavy atom. The number of Topliss-reactive ketones (excluding diaryl/α,β-unsaturated/α-hetero) is 1. The summed E-state index contributed by atoms with van der Waals surface area (Å²) in [6.07, 6.45) is -0.584. The van der Waals surface area contributed by atoms with Crippen LogP contribution >= 0.6 is 11.6 Å². The van der Waals surface area contributed by atoms with Crippen LogP contribution in [-0.4, -0.2) is 30.7 Å². The van der Waals surface area contributed by atoms with E-state index in [4.69, 9.17) is 21.1 Å². The van der Waals surface area contributed by atoms with Crippen LogP contribution in [0, 0.1) is 0 Å². The summed E-state index contributed by atoms with van der Waals surface area (Å²) in [6.45, 7) is 3.54. The average Bonchev–Trinajstić information content (AvgIpc) is 2.66. The van der Waals surface area contributed by atoms with E-state index in [0.29, 0.717) is 17.1 Å². The zero-order valence-electron chi connectivity index (χ0n) is 14.8. The highest BCUT2D eigenvalue weighted by molar-refractivity contribution is 6.17. The van der Waals surface area contributed by atoms with Gasteiger partial charge in [-0.1, -0.05) is 42.5 Å². The molecule has 0 atom stereocenters. The minimum absolute atomic E-state index is 0.0388. The van der Waals surface area contributed by atoms with Crippen LogP contribution in [0.1, 0.15) is 29.8 Å². The highest BCUT2D eigenvalue weighted by atomic mass is 35.5. The molecule has 0 saturated heterocycles. The van der Waals surface area contributed by atoms with E-state index in [1.54, 1.807) is 50.2 Å². The van der Waals surface area contributed by atoms with Crippen LogP contribution in [0.2, 0.25) is 0 Å². The van der Waals surface area contributed by atoms with Gasteiger partial charge in [0.1, 0.15) is 12.2 Å². The summed E-state index contributed by atoms with van der Waals surface area (Å²) >= 11 is 5.72. The van der Waals surface area contributed by atoms with Crippen molar-refractivity contribution in [2.75, 3.05) is 18.5 Å². The van der Waals surface area contributed by atoms with Crippen LogP contribution in [-0.2, 0) is 15.4 Å². The van der Waals surface area contributed by atoms with Crippen LogP contribution in [0.4, 0.5) is 10.5 Å². The zero-order valence-corrected chi connectivity index (χ0v) is 15.6. The fraction of sp³-hybridized carbons (Fsp3) is 0.300.